The number of ether oxygens (including phenoxy) is 1. The monoisotopic (exact) mass is 416 g/mol. The number of nitrogens with one attached hydrogen (secondary N) is 1. The standard InChI is InChI=1S/C21H24N2O5S/c24-20(22-18-7-3-1-4-8-18)16-28-21(25)15-17-9-11-19(12-10-17)29(26,27)23-13-5-2-6-14-23/h1,3-4,7-12H,2,5-6,13-16H2,(H,22,24). The van der Waals surface area contributed by atoms with E-state index in [1.165, 1.54) is 16.4 Å². The minimum atomic E-state index is -3.49. The summed E-state index contributed by atoms with van der Waals surface area (Å²) in [6.07, 6.45) is 2.76. The van der Waals surface area contributed by atoms with Gasteiger partial charge in [-0.1, -0.05) is 36.8 Å². The SMILES string of the molecule is O=C(COC(=O)Cc1ccc(S(=O)(=O)N2CCCCC2)cc1)Nc1ccccc1. The van der Waals surface area contributed by atoms with Crippen LogP contribution in [-0.4, -0.2) is 44.3 Å². The number of anilines is 1. The Morgan fingerprint density at radius 2 is 1.59 bits per heavy atom. The zero-order chi connectivity index (χ0) is 20.7. The fourth-order valence-corrected chi connectivity index (χ4v) is 4.63. The molecule has 0 bridgehead atoms. The van der Waals surface area contributed by atoms with Crippen molar-refractivity contribution in [2.24, 2.45) is 0 Å². The van der Waals surface area contributed by atoms with Gasteiger partial charge in [-0.3, -0.25) is 9.59 Å². The van der Waals surface area contributed by atoms with E-state index in [4.69, 9.17) is 4.74 Å². The maximum atomic E-state index is 12.6. The van der Waals surface area contributed by atoms with Gasteiger partial charge in [0.2, 0.25) is 10.0 Å². The lowest BCUT2D eigenvalue weighted by atomic mass is 10.1. The summed E-state index contributed by atoms with van der Waals surface area (Å²) in [6.45, 7) is 0.706. The summed E-state index contributed by atoms with van der Waals surface area (Å²) < 4.78 is 31.8. The number of sulfonamides is 1. The number of amides is 1. The number of carbonyl (C=O) groups excluding carboxylic acids is 2. The second-order valence-electron chi connectivity index (χ2n) is 6.86. The van der Waals surface area contributed by atoms with E-state index < -0.39 is 21.9 Å². The lowest BCUT2D eigenvalue weighted by Crippen LogP contribution is -2.35. The predicted molar refractivity (Wildman–Crippen MR) is 109 cm³/mol. The van der Waals surface area contributed by atoms with Gasteiger partial charge in [0, 0.05) is 18.8 Å². The van der Waals surface area contributed by atoms with Gasteiger partial charge in [-0.25, -0.2) is 8.42 Å². The van der Waals surface area contributed by atoms with Crippen LogP contribution in [0.5, 0.6) is 0 Å². The van der Waals surface area contributed by atoms with Gasteiger partial charge in [0.05, 0.1) is 11.3 Å². The lowest BCUT2D eigenvalue weighted by Gasteiger charge is -2.25. The van der Waals surface area contributed by atoms with Gasteiger partial charge < -0.3 is 10.1 Å². The van der Waals surface area contributed by atoms with Crippen molar-refractivity contribution in [1.82, 2.24) is 4.31 Å². The van der Waals surface area contributed by atoms with Crippen LogP contribution in [0.15, 0.2) is 59.5 Å². The van der Waals surface area contributed by atoms with Crippen molar-refractivity contribution in [2.45, 2.75) is 30.6 Å². The van der Waals surface area contributed by atoms with Crippen molar-refractivity contribution in [3.05, 3.63) is 60.2 Å². The number of piperidine rings is 1. The Balaban J connectivity index is 1.50. The maximum absolute atomic E-state index is 12.6. The van der Waals surface area contributed by atoms with Crippen LogP contribution in [0.25, 0.3) is 0 Å². The average Bonchev–Trinajstić information content (AvgIpc) is 2.74. The van der Waals surface area contributed by atoms with Gasteiger partial charge in [0.15, 0.2) is 6.61 Å². The fourth-order valence-electron chi connectivity index (χ4n) is 3.12. The van der Waals surface area contributed by atoms with Gasteiger partial charge in [-0.15, -0.1) is 0 Å². The number of hydrogen-bond acceptors (Lipinski definition) is 5. The molecule has 7 nitrogen and oxygen atoms in total. The summed E-state index contributed by atoms with van der Waals surface area (Å²) in [7, 11) is -3.49. The highest BCUT2D eigenvalue weighted by atomic mass is 32.2. The fraction of sp³-hybridized carbons (Fsp3) is 0.333. The zero-order valence-corrected chi connectivity index (χ0v) is 16.9. The van der Waals surface area contributed by atoms with Gasteiger partial charge >= 0.3 is 5.97 Å². The number of rotatable bonds is 7. The van der Waals surface area contributed by atoms with Crippen molar-refractivity contribution >= 4 is 27.6 Å². The summed E-state index contributed by atoms with van der Waals surface area (Å²) >= 11 is 0. The second-order valence-corrected chi connectivity index (χ2v) is 8.80. The van der Waals surface area contributed by atoms with E-state index in [2.05, 4.69) is 5.32 Å². The summed E-state index contributed by atoms with van der Waals surface area (Å²) in [5.74, 6) is -0.979. The molecule has 0 unspecified atom stereocenters. The molecule has 0 saturated carbocycles. The zero-order valence-electron chi connectivity index (χ0n) is 16.0. The first-order valence-electron chi connectivity index (χ1n) is 9.55. The Morgan fingerprint density at radius 1 is 0.931 bits per heavy atom. The molecule has 0 atom stereocenters. The van der Waals surface area contributed by atoms with Crippen LogP contribution in [-0.2, 0) is 30.8 Å². The molecule has 1 heterocycles. The number of nitrogens with zero attached hydrogens (tertiary/aromatic N) is 1. The third kappa shape index (κ3) is 5.88. The third-order valence-electron chi connectivity index (χ3n) is 4.65. The summed E-state index contributed by atoms with van der Waals surface area (Å²) in [5.41, 5.74) is 1.25. The average molecular weight is 416 g/mol. The first-order chi connectivity index (χ1) is 13.9. The lowest BCUT2D eigenvalue weighted by molar-refractivity contribution is -0.146. The van der Waals surface area contributed by atoms with Crippen LogP contribution in [0, 0.1) is 0 Å². The molecule has 1 saturated heterocycles. The normalized spacial score (nSPS) is 14.9. The highest BCUT2D eigenvalue weighted by molar-refractivity contribution is 7.89. The van der Waals surface area contributed by atoms with Gasteiger partial charge in [0.1, 0.15) is 0 Å². The van der Waals surface area contributed by atoms with E-state index in [1.54, 1.807) is 36.4 Å². The van der Waals surface area contributed by atoms with E-state index in [0.717, 1.165) is 19.3 Å². The van der Waals surface area contributed by atoms with E-state index in [9.17, 15) is 18.0 Å². The Hall–Kier alpha value is -2.71. The number of esters is 1. The van der Waals surface area contributed by atoms with Crippen LogP contribution in [0.1, 0.15) is 24.8 Å². The molecule has 1 N–H and O–H groups in total. The number of hydrogen-bond donors (Lipinski definition) is 1. The van der Waals surface area contributed by atoms with E-state index >= 15 is 0 Å². The Bertz CT molecular complexity index is 937. The highest BCUT2D eigenvalue weighted by Crippen LogP contribution is 2.21. The van der Waals surface area contributed by atoms with E-state index in [1.807, 2.05) is 6.07 Å². The topological polar surface area (TPSA) is 92.8 Å². The predicted octanol–water partition coefficient (Wildman–Crippen LogP) is 2.59. The molecule has 3 rings (SSSR count). The molecule has 0 aliphatic carbocycles. The van der Waals surface area contributed by atoms with Crippen LogP contribution in [0.3, 0.4) is 0 Å². The first kappa shape index (κ1) is 21.0. The largest absolute Gasteiger partial charge is 0.455 e. The summed E-state index contributed by atoms with van der Waals surface area (Å²) in [6, 6.07) is 15.1. The molecule has 2 aromatic rings. The van der Waals surface area contributed by atoms with Crippen molar-refractivity contribution in [2.75, 3.05) is 25.0 Å². The van der Waals surface area contributed by atoms with Gasteiger partial charge in [-0.05, 0) is 42.7 Å². The summed E-state index contributed by atoms with van der Waals surface area (Å²) in [4.78, 5) is 24.0. The van der Waals surface area contributed by atoms with E-state index in [0.29, 0.717) is 24.3 Å². The number of benzene rings is 2. The molecular formula is C21H24N2O5S. The number of para-hydroxylation sites is 1. The van der Waals surface area contributed by atoms with Crippen molar-refractivity contribution in [1.29, 1.82) is 0 Å². The molecule has 8 heteroatoms. The van der Waals surface area contributed by atoms with Gasteiger partial charge in [0.25, 0.3) is 5.91 Å². The minimum absolute atomic E-state index is 0.0390. The smallest absolute Gasteiger partial charge is 0.310 e. The molecule has 1 aliphatic rings. The summed E-state index contributed by atoms with van der Waals surface area (Å²) in [5, 5.41) is 2.63. The quantitative estimate of drug-likeness (QED) is 0.701. The highest BCUT2D eigenvalue weighted by Gasteiger charge is 2.25. The molecular weight excluding hydrogens is 392 g/mol. The minimum Gasteiger partial charge on any atom is -0.455 e. The van der Waals surface area contributed by atoms with Crippen LogP contribution in [0.4, 0.5) is 5.69 Å². The molecule has 1 fully saturated rings. The molecule has 29 heavy (non-hydrogen) atoms. The Labute approximate surface area is 170 Å². The Morgan fingerprint density at radius 3 is 2.24 bits per heavy atom. The van der Waals surface area contributed by atoms with Crippen LogP contribution in [0.2, 0.25) is 0 Å². The third-order valence-corrected chi connectivity index (χ3v) is 6.56. The van der Waals surface area contributed by atoms with Crippen molar-refractivity contribution in [3.8, 4) is 0 Å². The Kier molecular flexibility index (Phi) is 7.00. The molecule has 1 aliphatic heterocycles. The van der Waals surface area contributed by atoms with E-state index in [-0.39, 0.29) is 17.9 Å². The molecule has 0 aromatic heterocycles. The molecule has 0 spiro atoms. The maximum Gasteiger partial charge on any atom is 0.310 e. The number of carbonyl (C=O) groups is 2. The second kappa shape index (κ2) is 9.67. The molecule has 0 radical (unpaired) electrons. The molecule has 2 aromatic carbocycles. The van der Waals surface area contributed by atoms with Crippen molar-refractivity contribution in [3.63, 3.8) is 0 Å². The molecule has 154 valence electrons. The first-order valence-corrected chi connectivity index (χ1v) is 11.0. The van der Waals surface area contributed by atoms with Crippen LogP contribution >= 0.6 is 0 Å². The van der Waals surface area contributed by atoms with Gasteiger partial charge in [-0.2, -0.15) is 4.31 Å². The van der Waals surface area contributed by atoms with Crippen molar-refractivity contribution < 1.29 is 22.7 Å². The molecule has 1 amide bonds. The van der Waals surface area contributed by atoms with Crippen LogP contribution < -0.4 is 5.32 Å².